The highest BCUT2D eigenvalue weighted by Crippen LogP contribution is 2.36. The minimum Gasteiger partial charge on any atom is -0.362 e. The number of nitrogens with one attached hydrogen (secondary N) is 1. The third kappa shape index (κ3) is 5.10. The first-order chi connectivity index (χ1) is 16.3. The molecule has 1 aliphatic heterocycles. The van der Waals surface area contributed by atoms with Crippen molar-refractivity contribution in [2.75, 3.05) is 12.0 Å². The standard InChI is InChI=1S/C26H30F4N4/c1-3-7-20(26(28,29)30)13-21(17(4-2)15-27)23-14-24-22(10-6-11-34(24)33-23)32-25-12-18-8-5-9-19(18)16-31-25/h4,7,12-14,16,22H,3,5-6,8-11,15H2,1-2H3,(H,31,32)/b17-4-,20-7-,21-13+. The molecule has 0 fully saturated rings. The molecular formula is C26H30F4N4. The van der Waals surface area contributed by atoms with Crippen LogP contribution >= 0.6 is 0 Å². The number of anilines is 1. The monoisotopic (exact) mass is 474 g/mol. The molecule has 1 aliphatic carbocycles. The Morgan fingerprint density at radius 3 is 2.71 bits per heavy atom. The van der Waals surface area contributed by atoms with Gasteiger partial charge in [0, 0.05) is 18.3 Å². The van der Waals surface area contributed by atoms with Crippen LogP contribution in [-0.4, -0.2) is 27.6 Å². The summed E-state index contributed by atoms with van der Waals surface area (Å²) in [4.78, 5) is 4.56. The van der Waals surface area contributed by atoms with Crippen LogP contribution in [0.5, 0.6) is 0 Å². The van der Waals surface area contributed by atoms with Gasteiger partial charge in [-0.1, -0.05) is 19.1 Å². The molecule has 0 amide bonds. The largest absolute Gasteiger partial charge is 0.416 e. The fourth-order valence-corrected chi connectivity index (χ4v) is 4.74. The van der Waals surface area contributed by atoms with E-state index in [1.807, 2.05) is 10.9 Å². The van der Waals surface area contributed by atoms with Crippen molar-refractivity contribution in [3.8, 4) is 0 Å². The number of aryl methyl sites for hydroxylation is 3. The molecule has 8 heteroatoms. The summed E-state index contributed by atoms with van der Waals surface area (Å²) < 4.78 is 56.5. The van der Waals surface area contributed by atoms with E-state index < -0.39 is 18.4 Å². The molecule has 3 heterocycles. The van der Waals surface area contributed by atoms with Gasteiger partial charge >= 0.3 is 6.18 Å². The fraction of sp³-hybridized carbons (Fsp3) is 0.462. The highest BCUT2D eigenvalue weighted by atomic mass is 19.4. The molecule has 182 valence electrons. The Labute approximate surface area is 197 Å². The predicted molar refractivity (Wildman–Crippen MR) is 126 cm³/mol. The SMILES string of the molecule is C\C=C(CF)/C(=C\C(=C\CC)C(F)(F)F)c1cc2n(n1)CCCC2Nc1cc2c(cn1)CCC2. The predicted octanol–water partition coefficient (Wildman–Crippen LogP) is 6.91. The molecule has 2 aliphatic rings. The molecule has 0 spiro atoms. The van der Waals surface area contributed by atoms with Crippen LogP contribution in [0, 0.1) is 0 Å². The molecule has 34 heavy (non-hydrogen) atoms. The number of fused-ring (bicyclic) bond motifs is 2. The molecular weight excluding hydrogens is 444 g/mol. The van der Waals surface area contributed by atoms with Crippen LogP contribution in [0.1, 0.15) is 68.1 Å². The minimum absolute atomic E-state index is 0.0732. The van der Waals surface area contributed by atoms with E-state index >= 15 is 0 Å². The van der Waals surface area contributed by atoms with Gasteiger partial charge in [-0.25, -0.2) is 9.37 Å². The van der Waals surface area contributed by atoms with Crippen molar-refractivity contribution in [3.63, 3.8) is 0 Å². The van der Waals surface area contributed by atoms with Crippen LogP contribution < -0.4 is 5.32 Å². The molecule has 2 aromatic rings. The fourth-order valence-electron chi connectivity index (χ4n) is 4.74. The average molecular weight is 475 g/mol. The Kier molecular flexibility index (Phi) is 7.24. The molecule has 4 nitrogen and oxygen atoms in total. The second-order valence-electron chi connectivity index (χ2n) is 8.78. The van der Waals surface area contributed by atoms with Crippen LogP contribution in [0.3, 0.4) is 0 Å². The van der Waals surface area contributed by atoms with Gasteiger partial charge in [-0.2, -0.15) is 18.3 Å². The van der Waals surface area contributed by atoms with Crippen molar-refractivity contribution in [2.24, 2.45) is 0 Å². The van der Waals surface area contributed by atoms with E-state index in [0.29, 0.717) is 12.2 Å². The summed E-state index contributed by atoms with van der Waals surface area (Å²) in [5.41, 5.74) is 3.39. The zero-order valence-corrected chi connectivity index (χ0v) is 19.6. The van der Waals surface area contributed by atoms with Gasteiger partial charge in [-0.3, -0.25) is 4.68 Å². The summed E-state index contributed by atoms with van der Waals surface area (Å²) in [7, 11) is 0. The van der Waals surface area contributed by atoms with Gasteiger partial charge in [0.25, 0.3) is 0 Å². The Bertz CT molecular complexity index is 1120. The van der Waals surface area contributed by atoms with Crippen LogP contribution in [-0.2, 0) is 19.4 Å². The van der Waals surface area contributed by atoms with Crippen molar-refractivity contribution in [2.45, 2.75) is 71.1 Å². The summed E-state index contributed by atoms with van der Waals surface area (Å²) in [6.45, 7) is 3.06. The van der Waals surface area contributed by atoms with Crippen LogP contribution in [0.4, 0.5) is 23.4 Å². The van der Waals surface area contributed by atoms with Crippen molar-refractivity contribution >= 4 is 11.4 Å². The molecule has 1 N–H and O–H groups in total. The van der Waals surface area contributed by atoms with E-state index in [-0.39, 0.29) is 23.6 Å². The quantitative estimate of drug-likeness (QED) is 0.350. The molecule has 2 aromatic heterocycles. The van der Waals surface area contributed by atoms with Crippen LogP contribution in [0.2, 0.25) is 0 Å². The lowest BCUT2D eigenvalue weighted by molar-refractivity contribution is -0.0883. The number of hydrogen-bond acceptors (Lipinski definition) is 3. The minimum atomic E-state index is -4.53. The summed E-state index contributed by atoms with van der Waals surface area (Å²) in [5, 5.41) is 8.09. The number of halogens is 4. The molecule has 4 rings (SSSR count). The van der Waals surface area contributed by atoms with Gasteiger partial charge in [0.1, 0.15) is 12.5 Å². The highest BCUT2D eigenvalue weighted by Gasteiger charge is 2.33. The molecule has 0 saturated carbocycles. The number of alkyl halides is 4. The summed E-state index contributed by atoms with van der Waals surface area (Å²) in [6.07, 6.45) is 6.25. The second kappa shape index (κ2) is 10.2. The molecule has 0 radical (unpaired) electrons. The van der Waals surface area contributed by atoms with Crippen LogP contribution in [0.15, 0.2) is 47.7 Å². The highest BCUT2D eigenvalue weighted by molar-refractivity contribution is 5.79. The second-order valence-corrected chi connectivity index (χ2v) is 8.78. The maximum atomic E-state index is 13.8. The van der Waals surface area contributed by atoms with Gasteiger partial charge < -0.3 is 5.32 Å². The number of pyridine rings is 1. The van der Waals surface area contributed by atoms with Crippen molar-refractivity contribution in [3.05, 3.63) is 70.2 Å². The maximum absolute atomic E-state index is 13.8. The molecule has 0 aromatic carbocycles. The third-order valence-electron chi connectivity index (χ3n) is 6.49. The summed E-state index contributed by atoms with van der Waals surface area (Å²) >= 11 is 0. The molecule has 0 saturated heterocycles. The first-order valence-electron chi connectivity index (χ1n) is 11.9. The normalized spacial score (nSPS) is 19.2. The number of rotatable bonds is 7. The number of hydrogen-bond donors (Lipinski definition) is 1. The van der Waals surface area contributed by atoms with Crippen molar-refractivity contribution in [1.29, 1.82) is 0 Å². The topological polar surface area (TPSA) is 42.7 Å². The third-order valence-corrected chi connectivity index (χ3v) is 6.49. The zero-order chi connectivity index (χ0) is 24.3. The molecule has 0 bridgehead atoms. The van der Waals surface area contributed by atoms with E-state index in [4.69, 9.17) is 0 Å². The first kappa shape index (κ1) is 24.2. The lowest BCUT2D eigenvalue weighted by atomic mass is 9.98. The van der Waals surface area contributed by atoms with E-state index in [0.717, 1.165) is 55.8 Å². The Hall–Kier alpha value is -2.90. The van der Waals surface area contributed by atoms with Gasteiger partial charge in [0.2, 0.25) is 0 Å². The Morgan fingerprint density at radius 2 is 2.00 bits per heavy atom. The number of aromatic nitrogens is 3. The Balaban J connectivity index is 1.70. The van der Waals surface area contributed by atoms with Gasteiger partial charge in [-0.15, -0.1) is 0 Å². The maximum Gasteiger partial charge on any atom is 0.416 e. The van der Waals surface area contributed by atoms with Gasteiger partial charge in [0.15, 0.2) is 0 Å². The summed E-state index contributed by atoms with van der Waals surface area (Å²) in [6, 6.07) is 3.81. The smallest absolute Gasteiger partial charge is 0.362 e. The van der Waals surface area contributed by atoms with Crippen molar-refractivity contribution in [1.82, 2.24) is 14.8 Å². The van der Waals surface area contributed by atoms with Crippen LogP contribution in [0.25, 0.3) is 5.57 Å². The van der Waals surface area contributed by atoms with Gasteiger partial charge in [-0.05, 0) is 80.4 Å². The van der Waals surface area contributed by atoms with E-state index in [2.05, 4.69) is 21.5 Å². The van der Waals surface area contributed by atoms with Gasteiger partial charge in [0.05, 0.1) is 23.0 Å². The summed E-state index contributed by atoms with van der Waals surface area (Å²) in [5.74, 6) is 0.792. The van der Waals surface area contributed by atoms with E-state index in [9.17, 15) is 17.6 Å². The van der Waals surface area contributed by atoms with Crippen molar-refractivity contribution < 1.29 is 17.6 Å². The molecule has 1 unspecified atom stereocenters. The number of nitrogens with zero attached hydrogens (tertiary/aromatic N) is 3. The first-order valence-corrected chi connectivity index (χ1v) is 11.9. The number of allylic oxidation sites excluding steroid dienone is 6. The van der Waals surface area contributed by atoms with E-state index in [1.165, 1.54) is 17.2 Å². The lowest BCUT2D eigenvalue weighted by Crippen LogP contribution is -2.22. The lowest BCUT2D eigenvalue weighted by Gasteiger charge is -2.25. The Morgan fingerprint density at radius 1 is 1.21 bits per heavy atom. The zero-order valence-electron chi connectivity index (χ0n) is 19.6. The average Bonchev–Trinajstić information content (AvgIpc) is 3.45. The molecule has 1 atom stereocenters. The van der Waals surface area contributed by atoms with E-state index in [1.54, 1.807) is 19.9 Å².